The molecule has 5 rings (SSSR count). The number of halogens is 4. The van der Waals surface area contributed by atoms with Crippen molar-refractivity contribution < 1.29 is 27.0 Å². The summed E-state index contributed by atoms with van der Waals surface area (Å²) in [4.78, 5) is 0. The van der Waals surface area contributed by atoms with Gasteiger partial charge >= 0.3 is 0 Å². The van der Waals surface area contributed by atoms with E-state index in [1.807, 2.05) is 6.08 Å². The molecule has 1 heterocycles. The topological polar surface area (TPSA) is 18.5 Å². The normalized spacial score (nSPS) is 24.1. The van der Waals surface area contributed by atoms with Gasteiger partial charge in [-0.05, 0) is 86.1 Å². The summed E-state index contributed by atoms with van der Waals surface area (Å²) < 4.78 is 71.3. The van der Waals surface area contributed by atoms with Gasteiger partial charge in [-0.1, -0.05) is 19.8 Å². The van der Waals surface area contributed by atoms with Gasteiger partial charge in [0.05, 0.1) is 18.8 Å². The van der Waals surface area contributed by atoms with Crippen LogP contribution in [-0.2, 0) is 17.6 Å². The third kappa shape index (κ3) is 3.99. The van der Waals surface area contributed by atoms with E-state index in [2.05, 4.69) is 6.92 Å². The summed E-state index contributed by atoms with van der Waals surface area (Å²) in [6.07, 6.45) is 8.24. The van der Waals surface area contributed by atoms with E-state index in [1.54, 1.807) is 13.0 Å². The van der Waals surface area contributed by atoms with Crippen LogP contribution in [0.25, 0.3) is 16.9 Å². The average Bonchev–Trinajstić information content (AvgIpc) is 2.85. The second kappa shape index (κ2) is 9.27. The molecule has 182 valence electrons. The van der Waals surface area contributed by atoms with Gasteiger partial charge in [0.2, 0.25) is 5.82 Å². The van der Waals surface area contributed by atoms with Crippen molar-refractivity contribution in [3.63, 3.8) is 0 Å². The van der Waals surface area contributed by atoms with Crippen LogP contribution in [-0.4, -0.2) is 13.2 Å². The lowest BCUT2D eigenvalue weighted by Crippen LogP contribution is -2.26. The molecule has 2 aromatic carbocycles. The minimum absolute atomic E-state index is 0.0576. The minimum Gasteiger partial charge on any atom is -0.493 e. The van der Waals surface area contributed by atoms with Crippen molar-refractivity contribution in [2.75, 3.05) is 13.2 Å². The Labute approximate surface area is 198 Å². The van der Waals surface area contributed by atoms with E-state index in [0.717, 1.165) is 12.3 Å². The summed E-state index contributed by atoms with van der Waals surface area (Å²) in [5.41, 5.74) is 0.514. The van der Waals surface area contributed by atoms with E-state index in [1.165, 1.54) is 31.7 Å². The molecule has 2 aromatic rings. The van der Waals surface area contributed by atoms with Gasteiger partial charge in [0.25, 0.3) is 0 Å². The summed E-state index contributed by atoms with van der Waals surface area (Å²) in [7, 11) is 0. The van der Waals surface area contributed by atoms with E-state index in [4.69, 9.17) is 9.47 Å². The monoisotopic (exact) mass is 474 g/mol. The van der Waals surface area contributed by atoms with E-state index in [-0.39, 0.29) is 29.0 Å². The smallest absolute Gasteiger partial charge is 0.201 e. The zero-order chi connectivity index (χ0) is 24.0. The zero-order valence-corrected chi connectivity index (χ0v) is 19.7. The fourth-order valence-electron chi connectivity index (χ4n) is 5.83. The molecule has 1 atom stereocenters. The molecule has 2 aliphatic carbocycles. The molecule has 0 radical (unpaired) electrons. The Morgan fingerprint density at radius 1 is 0.853 bits per heavy atom. The van der Waals surface area contributed by atoms with Crippen molar-refractivity contribution in [3.8, 4) is 16.9 Å². The molecule has 2 nitrogen and oxygen atoms in total. The first-order valence-corrected chi connectivity index (χ1v) is 12.4. The van der Waals surface area contributed by atoms with Gasteiger partial charge < -0.3 is 9.47 Å². The largest absolute Gasteiger partial charge is 0.493 e. The summed E-state index contributed by atoms with van der Waals surface area (Å²) in [6, 6.07) is 2.93. The lowest BCUT2D eigenvalue weighted by atomic mass is 9.75. The Bertz CT molecular complexity index is 1130. The molecule has 1 fully saturated rings. The number of ether oxygens (including phenoxy) is 2. The first-order valence-electron chi connectivity index (χ1n) is 12.4. The van der Waals surface area contributed by atoms with Crippen LogP contribution in [0.5, 0.6) is 5.75 Å². The molecule has 6 heteroatoms. The van der Waals surface area contributed by atoms with Crippen LogP contribution in [0.2, 0.25) is 0 Å². The fourth-order valence-corrected chi connectivity index (χ4v) is 5.83. The number of fused-ring (bicyclic) bond motifs is 3. The molecule has 0 N–H and O–H groups in total. The maximum atomic E-state index is 15.4. The van der Waals surface area contributed by atoms with E-state index in [0.29, 0.717) is 48.2 Å². The Morgan fingerprint density at radius 2 is 1.50 bits per heavy atom. The number of hydrogen-bond acceptors (Lipinski definition) is 2. The van der Waals surface area contributed by atoms with Crippen LogP contribution in [0, 0.1) is 41.0 Å². The van der Waals surface area contributed by atoms with Crippen LogP contribution in [0.15, 0.2) is 18.2 Å². The summed E-state index contributed by atoms with van der Waals surface area (Å²) in [6.45, 7) is 4.62. The van der Waals surface area contributed by atoms with Gasteiger partial charge in [-0.3, -0.25) is 0 Å². The van der Waals surface area contributed by atoms with Crippen LogP contribution in [0.4, 0.5) is 17.6 Å². The van der Waals surface area contributed by atoms with Crippen molar-refractivity contribution >= 4 is 5.76 Å². The van der Waals surface area contributed by atoms with E-state index >= 15 is 8.78 Å². The lowest BCUT2D eigenvalue weighted by Gasteiger charge is -2.34. The molecule has 0 aromatic heterocycles. The Kier molecular flexibility index (Phi) is 6.34. The molecule has 3 aliphatic rings. The molecule has 1 unspecified atom stereocenters. The third-order valence-electron chi connectivity index (χ3n) is 7.81. The van der Waals surface area contributed by atoms with Crippen molar-refractivity contribution in [1.82, 2.24) is 0 Å². The Hall–Kier alpha value is -2.50. The van der Waals surface area contributed by atoms with Crippen molar-refractivity contribution in [2.45, 2.75) is 58.8 Å². The Morgan fingerprint density at radius 3 is 2.12 bits per heavy atom. The predicted octanol–water partition coefficient (Wildman–Crippen LogP) is 7.61. The number of benzene rings is 2. The molecule has 0 amide bonds. The van der Waals surface area contributed by atoms with Crippen LogP contribution < -0.4 is 4.74 Å². The van der Waals surface area contributed by atoms with Gasteiger partial charge in [0.15, 0.2) is 23.2 Å². The molecule has 0 bridgehead atoms. The molecular weight excluding hydrogens is 444 g/mol. The van der Waals surface area contributed by atoms with Crippen molar-refractivity contribution in [3.05, 3.63) is 58.2 Å². The SMILES string of the molecule is CCOc1cc2c(c(F)c1F)-c1c(cc(C3=CCC(C4CCC(C)CC4)CO3)c(F)c1F)CC2. The maximum absolute atomic E-state index is 15.4. The lowest BCUT2D eigenvalue weighted by molar-refractivity contribution is 0.121. The summed E-state index contributed by atoms with van der Waals surface area (Å²) >= 11 is 0. The van der Waals surface area contributed by atoms with Gasteiger partial charge in [-0.15, -0.1) is 0 Å². The first kappa shape index (κ1) is 23.3. The summed E-state index contributed by atoms with van der Waals surface area (Å²) in [5, 5.41) is 0. The van der Waals surface area contributed by atoms with Crippen LogP contribution >= 0.6 is 0 Å². The quantitative estimate of drug-likeness (QED) is 0.425. The second-order valence-electron chi connectivity index (χ2n) is 9.95. The van der Waals surface area contributed by atoms with Gasteiger partial charge in [-0.25, -0.2) is 13.2 Å². The molecule has 1 saturated carbocycles. The van der Waals surface area contributed by atoms with Gasteiger partial charge in [-0.2, -0.15) is 4.39 Å². The standard InChI is InChI=1S/C28H30F4O2/c1-3-33-22-13-18-9-8-17-12-20(25(29)27(31)23(17)24(18)28(32)26(22)30)21-11-10-19(14-34-21)16-6-4-15(2)5-7-16/h11-13,15-16,19H,3-10,14H2,1-2H3. The van der Waals surface area contributed by atoms with E-state index in [9.17, 15) is 8.78 Å². The fraction of sp³-hybridized carbons (Fsp3) is 0.500. The first-order chi connectivity index (χ1) is 16.4. The number of allylic oxidation sites excluding steroid dienone is 1. The minimum atomic E-state index is -1.20. The van der Waals surface area contributed by atoms with Crippen molar-refractivity contribution in [1.29, 1.82) is 0 Å². The number of rotatable bonds is 4. The molecule has 0 saturated heterocycles. The summed E-state index contributed by atoms with van der Waals surface area (Å²) in [5.74, 6) is -2.73. The molecule has 0 spiro atoms. The zero-order valence-electron chi connectivity index (χ0n) is 19.7. The Balaban J connectivity index is 1.47. The van der Waals surface area contributed by atoms with Crippen LogP contribution in [0.3, 0.4) is 0 Å². The second-order valence-corrected chi connectivity index (χ2v) is 9.95. The molecular formula is C28H30F4O2. The molecule has 1 aliphatic heterocycles. The highest BCUT2D eigenvalue weighted by Gasteiger charge is 2.33. The van der Waals surface area contributed by atoms with Crippen molar-refractivity contribution in [2.24, 2.45) is 17.8 Å². The highest BCUT2D eigenvalue weighted by molar-refractivity contribution is 5.78. The van der Waals surface area contributed by atoms with Crippen LogP contribution in [0.1, 0.15) is 62.6 Å². The average molecular weight is 475 g/mol. The van der Waals surface area contributed by atoms with Gasteiger partial charge in [0, 0.05) is 11.1 Å². The van der Waals surface area contributed by atoms with Gasteiger partial charge in [0.1, 0.15) is 5.76 Å². The highest BCUT2D eigenvalue weighted by atomic mass is 19.2. The molecule has 34 heavy (non-hydrogen) atoms. The number of aryl methyl sites for hydroxylation is 2. The third-order valence-corrected chi connectivity index (χ3v) is 7.81. The highest BCUT2D eigenvalue weighted by Crippen LogP contribution is 2.44. The maximum Gasteiger partial charge on any atom is 0.201 e. The number of hydrogen-bond donors (Lipinski definition) is 0. The van der Waals surface area contributed by atoms with E-state index < -0.39 is 23.3 Å². The predicted molar refractivity (Wildman–Crippen MR) is 123 cm³/mol.